The zero-order chi connectivity index (χ0) is 12.5. The predicted molar refractivity (Wildman–Crippen MR) is 65.8 cm³/mol. The molecule has 2 aromatic rings. The van der Waals surface area contributed by atoms with Crippen molar-refractivity contribution in [2.24, 2.45) is 0 Å². The van der Waals surface area contributed by atoms with Crippen molar-refractivity contribution < 1.29 is 14.6 Å². The van der Waals surface area contributed by atoms with E-state index in [4.69, 9.17) is 9.84 Å². The molecule has 0 fully saturated rings. The van der Waals surface area contributed by atoms with Crippen LogP contribution >= 0.6 is 0 Å². The van der Waals surface area contributed by atoms with Crippen LogP contribution in [0.25, 0.3) is 11.1 Å². The monoisotopic (exact) mass is 241 g/mol. The van der Waals surface area contributed by atoms with Crippen LogP contribution in [0.1, 0.15) is 16.1 Å². The van der Waals surface area contributed by atoms with Gasteiger partial charge in [-0.25, -0.2) is 9.78 Å². The first kappa shape index (κ1) is 10.8. The molecule has 1 aromatic carbocycles. The number of nitrogens with zero attached hydrogens (tertiary/aromatic N) is 1. The van der Waals surface area contributed by atoms with E-state index < -0.39 is 5.97 Å². The van der Waals surface area contributed by atoms with Gasteiger partial charge in [-0.3, -0.25) is 0 Å². The van der Waals surface area contributed by atoms with Crippen molar-refractivity contribution >= 4 is 5.97 Å². The van der Waals surface area contributed by atoms with E-state index in [-0.39, 0.29) is 5.69 Å². The Morgan fingerprint density at radius 2 is 2.22 bits per heavy atom. The largest absolute Gasteiger partial charge is 0.493 e. The summed E-state index contributed by atoms with van der Waals surface area (Å²) in [5.74, 6) is -0.123. The zero-order valence-corrected chi connectivity index (χ0v) is 9.59. The smallest absolute Gasteiger partial charge is 0.355 e. The number of aromatic nitrogens is 1. The fraction of sp³-hybridized carbons (Fsp3) is 0.143. The van der Waals surface area contributed by atoms with Gasteiger partial charge < -0.3 is 9.84 Å². The molecule has 0 unspecified atom stereocenters. The highest BCUT2D eigenvalue weighted by Gasteiger charge is 2.16. The Balaban J connectivity index is 2.13. The summed E-state index contributed by atoms with van der Waals surface area (Å²) in [6.07, 6.45) is 2.36. The summed E-state index contributed by atoms with van der Waals surface area (Å²) >= 11 is 0. The normalized spacial score (nSPS) is 12.9. The van der Waals surface area contributed by atoms with E-state index in [9.17, 15) is 4.79 Å². The van der Waals surface area contributed by atoms with Crippen LogP contribution in [0, 0.1) is 0 Å². The second kappa shape index (κ2) is 4.14. The van der Waals surface area contributed by atoms with E-state index in [0.717, 1.165) is 23.3 Å². The minimum absolute atomic E-state index is 0.0800. The first-order valence-electron chi connectivity index (χ1n) is 5.70. The van der Waals surface area contributed by atoms with Gasteiger partial charge in [0.15, 0.2) is 5.69 Å². The third-order valence-electron chi connectivity index (χ3n) is 3.01. The number of carboxylic acids is 1. The van der Waals surface area contributed by atoms with Gasteiger partial charge in [-0.15, -0.1) is 0 Å². The molecule has 0 spiro atoms. The second-order valence-corrected chi connectivity index (χ2v) is 4.13. The van der Waals surface area contributed by atoms with E-state index in [1.807, 2.05) is 18.2 Å². The highest BCUT2D eigenvalue weighted by atomic mass is 16.5. The molecule has 0 saturated carbocycles. The summed E-state index contributed by atoms with van der Waals surface area (Å²) in [5, 5.41) is 9.13. The van der Waals surface area contributed by atoms with Gasteiger partial charge in [-0.2, -0.15) is 0 Å². The average Bonchev–Trinajstić information content (AvgIpc) is 2.85. The lowest BCUT2D eigenvalue weighted by molar-refractivity contribution is 0.0691. The van der Waals surface area contributed by atoms with Crippen LogP contribution in [0.3, 0.4) is 0 Å². The van der Waals surface area contributed by atoms with Crippen LogP contribution in [-0.4, -0.2) is 22.7 Å². The number of benzene rings is 1. The van der Waals surface area contributed by atoms with Crippen LogP contribution in [0.5, 0.6) is 5.75 Å². The molecule has 1 aromatic heterocycles. The fourth-order valence-corrected chi connectivity index (χ4v) is 2.16. The molecule has 18 heavy (non-hydrogen) atoms. The molecule has 2 heterocycles. The maximum Gasteiger partial charge on any atom is 0.355 e. The standard InChI is InChI=1S/C14H11NO3/c16-14(17)13-11(2-1-6-15-13)9-3-4-12-10(8-9)5-7-18-12/h1-4,6,8H,5,7H2,(H,16,17). The maximum atomic E-state index is 11.1. The first-order chi connectivity index (χ1) is 8.75. The molecule has 1 aliphatic heterocycles. The Bertz CT molecular complexity index is 622. The van der Waals surface area contributed by atoms with Crippen molar-refractivity contribution in [3.8, 4) is 16.9 Å². The SMILES string of the molecule is O=C(O)c1ncccc1-c1ccc2c(c1)CCO2. The lowest BCUT2D eigenvalue weighted by atomic mass is 10.0. The number of pyridine rings is 1. The number of hydrogen-bond donors (Lipinski definition) is 1. The van der Waals surface area contributed by atoms with E-state index in [1.165, 1.54) is 6.20 Å². The number of carbonyl (C=O) groups is 1. The van der Waals surface area contributed by atoms with Gasteiger partial charge in [0.2, 0.25) is 0 Å². The van der Waals surface area contributed by atoms with Crippen LogP contribution in [0.4, 0.5) is 0 Å². The maximum absolute atomic E-state index is 11.1. The molecule has 0 aliphatic carbocycles. The van der Waals surface area contributed by atoms with Crippen molar-refractivity contribution in [2.45, 2.75) is 6.42 Å². The molecule has 0 radical (unpaired) electrons. The van der Waals surface area contributed by atoms with E-state index in [1.54, 1.807) is 12.1 Å². The van der Waals surface area contributed by atoms with Gasteiger partial charge in [0.1, 0.15) is 5.75 Å². The summed E-state index contributed by atoms with van der Waals surface area (Å²) < 4.78 is 5.44. The van der Waals surface area contributed by atoms with Crippen LogP contribution in [0.2, 0.25) is 0 Å². The number of hydrogen-bond acceptors (Lipinski definition) is 3. The Hall–Kier alpha value is -2.36. The molecule has 4 nitrogen and oxygen atoms in total. The molecule has 0 atom stereocenters. The molecule has 3 rings (SSSR count). The van der Waals surface area contributed by atoms with E-state index in [2.05, 4.69) is 4.98 Å². The van der Waals surface area contributed by atoms with Gasteiger partial charge in [-0.05, 0) is 29.3 Å². The van der Waals surface area contributed by atoms with Crippen molar-refractivity contribution in [1.82, 2.24) is 4.98 Å². The Labute approximate surface area is 104 Å². The van der Waals surface area contributed by atoms with Crippen LogP contribution < -0.4 is 4.74 Å². The number of aromatic carboxylic acids is 1. The second-order valence-electron chi connectivity index (χ2n) is 4.13. The van der Waals surface area contributed by atoms with Crippen molar-refractivity contribution in [3.05, 3.63) is 47.8 Å². The summed E-state index contributed by atoms with van der Waals surface area (Å²) in [6.45, 7) is 0.692. The van der Waals surface area contributed by atoms with Gasteiger partial charge in [0.25, 0.3) is 0 Å². The van der Waals surface area contributed by atoms with E-state index >= 15 is 0 Å². The quantitative estimate of drug-likeness (QED) is 0.876. The third kappa shape index (κ3) is 1.72. The highest BCUT2D eigenvalue weighted by Crippen LogP contribution is 2.31. The summed E-state index contributed by atoms with van der Waals surface area (Å²) in [6, 6.07) is 9.25. The molecule has 1 N–H and O–H groups in total. The minimum atomic E-state index is -1.01. The van der Waals surface area contributed by atoms with Crippen LogP contribution in [0.15, 0.2) is 36.5 Å². The van der Waals surface area contributed by atoms with Crippen molar-refractivity contribution in [3.63, 3.8) is 0 Å². The molecule has 0 saturated heterocycles. The Kier molecular flexibility index (Phi) is 2.48. The van der Waals surface area contributed by atoms with E-state index in [0.29, 0.717) is 12.2 Å². The average molecular weight is 241 g/mol. The summed E-state index contributed by atoms with van der Waals surface area (Å²) in [4.78, 5) is 15.1. The summed E-state index contributed by atoms with van der Waals surface area (Å²) in [5.41, 5.74) is 2.70. The molecule has 0 bridgehead atoms. The fourth-order valence-electron chi connectivity index (χ4n) is 2.16. The summed E-state index contributed by atoms with van der Waals surface area (Å²) in [7, 11) is 0. The first-order valence-corrected chi connectivity index (χ1v) is 5.70. The number of ether oxygens (including phenoxy) is 1. The third-order valence-corrected chi connectivity index (χ3v) is 3.01. The van der Waals surface area contributed by atoms with Gasteiger partial charge in [-0.1, -0.05) is 12.1 Å². The van der Waals surface area contributed by atoms with Crippen LogP contribution in [-0.2, 0) is 6.42 Å². The predicted octanol–water partition coefficient (Wildman–Crippen LogP) is 2.38. The van der Waals surface area contributed by atoms with Gasteiger partial charge in [0, 0.05) is 18.2 Å². The molecule has 0 amide bonds. The molecule has 4 heteroatoms. The lowest BCUT2D eigenvalue weighted by Gasteiger charge is -2.06. The minimum Gasteiger partial charge on any atom is -0.493 e. The Morgan fingerprint density at radius 3 is 3.06 bits per heavy atom. The topological polar surface area (TPSA) is 59.4 Å². The van der Waals surface area contributed by atoms with Gasteiger partial charge >= 0.3 is 5.97 Å². The van der Waals surface area contributed by atoms with Crippen molar-refractivity contribution in [2.75, 3.05) is 6.61 Å². The number of carboxylic acid groups (broad SMARTS) is 1. The highest BCUT2D eigenvalue weighted by molar-refractivity contribution is 5.93. The van der Waals surface area contributed by atoms with Crippen molar-refractivity contribution in [1.29, 1.82) is 0 Å². The number of rotatable bonds is 2. The number of fused-ring (bicyclic) bond motifs is 1. The molecule has 90 valence electrons. The lowest BCUT2D eigenvalue weighted by Crippen LogP contribution is -2.02. The van der Waals surface area contributed by atoms with Gasteiger partial charge in [0.05, 0.1) is 6.61 Å². The molecular formula is C14H11NO3. The zero-order valence-electron chi connectivity index (χ0n) is 9.59. The molecular weight excluding hydrogens is 230 g/mol. The Morgan fingerprint density at radius 1 is 1.33 bits per heavy atom. The molecule has 1 aliphatic rings.